The van der Waals surface area contributed by atoms with Crippen molar-refractivity contribution in [3.05, 3.63) is 45.1 Å². The number of nitrogens with one attached hydrogen (secondary N) is 1. The first-order valence-corrected chi connectivity index (χ1v) is 8.00. The number of fused-ring (bicyclic) bond motifs is 1. The van der Waals surface area contributed by atoms with E-state index < -0.39 is 11.2 Å². The first-order valence-electron chi connectivity index (χ1n) is 8.00. The van der Waals surface area contributed by atoms with Crippen molar-refractivity contribution in [3.63, 3.8) is 0 Å². The van der Waals surface area contributed by atoms with E-state index in [0.29, 0.717) is 35.9 Å². The molecule has 0 aliphatic carbocycles. The average Bonchev–Trinajstić information content (AvgIpc) is 2.90. The fourth-order valence-electron chi connectivity index (χ4n) is 2.85. The molecule has 0 spiro atoms. The minimum Gasteiger partial charge on any atom is -0.493 e. The molecule has 0 atom stereocenters. The van der Waals surface area contributed by atoms with Gasteiger partial charge in [0.25, 0.3) is 5.56 Å². The molecule has 0 aliphatic rings. The van der Waals surface area contributed by atoms with Gasteiger partial charge in [0.15, 0.2) is 11.2 Å². The van der Waals surface area contributed by atoms with Crippen molar-refractivity contribution in [2.75, 3.05) is 6.61 Å². The minimum absolute atomic E-state index is 0.379. The van der Waals surface area contributed by atoms with Gasteiger partial charge >= 0.3 is 5.69 Å². The lowest BCUT2D eigenvalue weighted by atomic mass is 10.2. The van der Waals surface area contributed by atoms with Gasteiger partial charge in [-0.3, -0.25) is 14.3 Å². The third-order valence-electron chi connectivity index (χ3n) is 3.89. The van der Waals surface area contributed by atoms with Crippen molar-refractivity contribution in [2.45, 2.75) is 26.8 Å². The van der Waals surface area contributed by atoms with Gasteiger partial charge in [-0.1, -0.05) is 19.1 Å². The summed E-state index contributed by atoms with van der Waals surface area (Å²) in [5.74, 6) is 1.29. The average molecular weight is 328 g/mol. The maximum Gasteiger partial charge on any atom is 0.330 e. The molecular weight excluding hydrogens is 308 g/mol. The molecule has 0 radical (unpaired) electrons. The number of imidazole rings is 1. The van der Waals surface area contributed by atoms with E-state index in [1.54, 1.807) is 11.6 Å². The Kier molecular flexibility index (Phi) is 4.24. The Hall–Kier alpha value is -2.83. The summed E-state index contributed by atoms with van der Waals surface area (Å²) >= 11 is 0. The molecule has 7 nitrogen and oxygen atoms in total. The largest absolute Gasteiger partial charge is 0.493 e. The quantitative estimate of drug-likeness (QED) is 0.775. The highest BCUT2D eigenvalue weighted by Crippen LogP contribution is 2.30. The summed E-state index contributed by atoms with van der Waals surface area (Å²) in [4.78, 5) is 31.3. The van der Waals surface area contributed by atoms with Gasteiger partial charge in [0.1, 0.15) is 11.6 Å². The van der Waals surface area contributed by atoms with Crippen LogP contribution in [0.3, 0.4) is 0 Å². The highest BCUT2D eigenvalue weighted by atomic mass is 16.5. The summed E-state index contributed by atoms with van der Waals surface area (Å²) in [6.45, 7) is 4.91. The summed E-state index contributed by atoms with van der Waals surface area (Å²) in [5, 5.41) is 0. The first-order chi connectivity index (χ1) is 11.6. The molecule has 7 heteroatoms. The van der Waals surface area contributed by atoms with Gasteiger partial charge in [-0.25, -0.2) is 9.78 Å². The van der Waals surface area contributed by atoms with E-state index in [0.717, 1.165) is 12.0 Å². The van der Waals surface area contributed by atoms with Gasteiger partial charge < -0.3 is 9.30 Å². The number of hydrogen-bond acceptors (Lipinski definition) is 4. The molecule has 0 saturated heterocycles. The monoisotopic (exact) mass is 328 g/mol. The number of aromatic nitrogens is 4. The number of H-pyrrole nitrogens is 1. The Morgan fingerprint density at radius 2 is 1.96 bits per heavy atom. The van der Waals surface area contributed by atoms with Gasteiger partial charge in [0.05, 0.1) is 12.2 Å². The number of ether oxygens (including phenoxy) is 1. The highest BCUT2D eigenvalue weighted by Gasteiger charge is 2.19. The zero-order chi connectivity index (χ0) is 17.3. The maximum atomic E-state index is 12.3. The Morgan fingerprint density at radius 1 is 1.21 bits per heavy atom. The molecule has 0 bridgehead atoms. The summed E-state index contributed by atoms with van der Waals surface area (Å²) in [6.07, 6.45) is 0.766. The van der Waals surface area contributed by atoms with Gasteiger partial charge in [-0.05, 0) is 25.5 Å². The maximum absolute atomic E-state index is 12.3. The molecule has 0 unspecified atom stereocenters. The Morgan fingerprint density at radius 3 is 2.67 bits per heavy atom. The van der Waals surface area contributed by atoms with Crippen molar-refractivity contribution >= 4 is 11.2 Å². The van der Waals surface area contributed by atoms with Crippen LogP contribution in [0.1, 0.15) is 20.3 Å². The lowest BCUT2D eigenvalue weighted by Gasteiger charge is -2.09. The van der Waals surface area contributed by atoms with Crippen LogP contribution in [0.25, 0.3) is 22.6 Å². The van der Waals surface area contributed by atoms with Crippen LogP contribution in [-0.4, -0.2) is 25.7 Å². The number of aryl methyl sites for hydroxylation is 2. The zero-order valence-corrected chi connectivity index (χ0v) is 14.0. The SMILES string of the molecule is CCCn1c(=O)[nH]c(=O)c2c1nc(-c1ccccc1OCC)n2C. The smallest absolute Gasteiger partial charge is 0.330 e. The molecule has 0 aliphatic heterocycles. The molecule has 2 heterocycles. The third-order valence-corrected chi connectivity index (χ3v) is 3.89. The van der Waals surface area contributed by atoms with Gasteiger partial charge in [0, 0.05) is 13.6 Å². The minimum atomic E-state index is -0.433. The molecule has 3 aromatic rings. The summed E-state index contributed by atoms with van der Waals surface area (Å²) < 4.78 is 8.88. The van der Waals surface area contributed by atoms with Gasteiger partial charge in [0.2, 0.25) is 0 Å². The van der Waals surface area contributed by atoms with Crippen LogP contribution in [0.2, 0.25) is 0 Å². The number of aromatic amines is 1. The van der Waals surface area contributed by atoms with E-state index in [9.17, 15) is 9.59 Å². The van der Waals surface area contributed by atoms with Gasteiger partial charge in [-0.15, -0.1) is 0 Å². The van der Waals surface area contributed by atoms with Crippen LogP contribution in [-0.2, 0) is 13.6 Å². The summed E-state index contributed by atoms with van der Waals surface area (Å²) in [7, 11) is 1.77. The Labute approximate surface area is 138 Å². The van der Waals surface area contributed by atoms with Crippen molar-refractivity contribution in [2.24, 2.45) is 7.05 Å². The lowest BCUT2D eigenvalue weighted by Crippen LogP contribution is -2.30. The van der Waals surface area contributed by atoms with Gasteiger partial charge in [-0.2, -0.15) is 0 Å². The van der Waals surface area contributed by atoms with Crippen molar-refractivity contribution in [1.29, 1.82) is 0 Å². The van der Waals surface area contributed by atoms with Crippen molar-refractivity contribution in [1.82, 2.24) is 19.1 Å². The molecule has 1 N–H and O–H groups in total. The second-order valence-corrected chi connectivity index (χ2v) is 5.51. The van der Waals surface area contributed by atoms with Crippen LogP contribution >= 0.6 is 0 Å². The van der Waals surface area contributed by atoms with Crippen LogP contribution in [0, 0.1) is 0 Å². The Balaban J connectivity index is 2.34. The molecule has 126 valence electrons. The number of benzene rings is 1. The second kappa shape index (κ2) is 6.35. The van der Waals surface area contributed by atoms with E-state index in [2.05, 4.69) is 9.97 Å². The van der Waals surface area contributed by atoms with Crippen LogP contribution in [0.5, 0.6) is 5.75 Å². The van der Waals surface area contributed by atoms with Crippen LogP contribution < -0.4 is 16.0 Å². The molecular formula is C17H20N4O3. The van der Waals surface area contributed by atoms with E-state index in [4.69, 9.17) is 4.74 Å². The number of hydrogen-bond donors (Lipinski definition) is 1. The normalized spacial score (nSPS) is 11.1. The highest BCUT2D eigenvalue weighted by molar-refractivity contribution is 5.78. The van der Waals surface area contributed by atoms with E-state index in [-0.39, 0.29) is 0 Å². The van der Waals surface area contributed by atoms with Crippen LogP contribution in [0.15, 0.2) is 33.9 Å². The predicted octanol–water partition coefficient (Wildman–Crippen LogP) is 1.90. The van der Waals surface area contributed by atoms with E-state index in [1.165, 1.54) is 4.57 Å². The molecule has 0 fully saturated rings. The summed E-state index contributed by atoms with van der Waals surface area (Å²) in [6, 6.07) is 7.53. The van der Waals surface area contributed by atoms with E-state index >= 15 is 0 Å². The molecule has 3 rings (SSSR count). The van der Waals surface area contributed by atoms with Crippen LogP contribution in [0.4, 0.5) is 0 Å². The third kappa shape index (κ3) is 2.51. The topological polar surface area (TPSA) is 81.9 Å². The first kappa shape index (κ1) is 16.0. The summed E-state index contributed by atoms with van der Waals surface area (Å²) in [5.41, 5.74) is 0.696. The standard InChI is InChI=1S/C17H20N4O3/c1-4-10-21-15-13(16(22)19-17(21)23)20(3)14(18-15)11-8-6-7-9-12(11)24-5-2/h6-9H,4-5,10H2,1-3H3,(H,19,22,23). The molecule has 1 aromatic carbocycles. The van der Waals surface area contributed by atoms with Crippen molar-refractivity contribution < 1.29 is 4.74 Å². The number of para-hydroxylation sites is 1. The van der Waals surface area contributed by atoms with Crippen molar-refractivity contribution in [3.8, 4) is 17.1 Å². The molecule has 2 aromatic heterocycles. The fourth-order valence-corrected chi connectivity index (χ4v) is 2.85. The zero-order valence-electron chi connectivity index (χ0n) is 14.0. The molecule has 24 heavy (non-hydrogen) atoms. The Bertz CT molecular complexity index is 997. The fraction of sp³-hybridized carbons (Fsp3) is 0.353. The molecule has 0 saturated carbocycles. The lowest BCUT2D eigenvalue weighted by molar-refractivity contribution is 0.341. The van der Waals surface area contributed by atoms with E-state index in [1.807, 2.05) is 38.1 Å². The second-order valence-electron chi connectivity index (χ2n) is 5.51. The number of rotatable bonds is 5. The molecule has 0 amide bonds. The predicted molar refractivity (Wildman–Crippen MR) is 92.5 cm³/mol. The number of nitrogens with zero attached hydrogens (tertiary/aromatic N) is 3.